The van der Waals surface area contributed by atoms with Crippen molar-refractivity contribution >= 4 is 27.4 Å². The standard InChI is InChI=1S/C19H17N5O2S/c1-12-8-14-17(22-19(23-18(14)27-12)24-7-6-20-10-24)21-5-4-13-2-3-15-16(9-13)26-11-25-15/h2-3,6-10H,4-5,11H2,1H3,(H,21,22,23). The molecule has 3 aromatic heterocycles. The Labute approximate surface area is 159 Å². The molecule has 1 aliphatic rings. The maximum absolute atomic E-state index is 5.45. The third-order valence-electron chi connectivity index (χ3n) is 4.38. The van der Waals surface area contributed by atoms with Crippen LogP contribution in [0.3, 0.4) is 0 Å². The van der Waals surface area contributed by atoms with Crippen molar-refractivity contribution in [3.05, 3.63) is 53.4 Å². The fourth-order valence-corrected chi connectivity index (χ4v) is 3.95. The Hall–Kier alpha value is -3.13. The van der Waals surface area contributed by atoms with Crippen LogP contribution in [0.15, 0.2) is 43.0 Å². The second-order valence-electron chi connectivity index (χ2n) is 6.28. The molecule has 7 nitrogen and oxygen atoms in total. The van der Waals surface area contributed by atoms with Crippen LogP contribution >= 0.6 is 11.3 Å². The highest BCUT2D eigenvalue weighted by molar-refractivity contribution is 7.18. The van der Waals surface area contributed by atoms with Crippen molar-refractivity contribution in [2.45, 2.75) is 13.3 Å². The van der Waals surface area contributed by atoms with Crippen molar-refractivity contribution < 1.29 is 9.47 Å². The number of hydrogen-bond donors (Lipinski definition) is 1. The molecule has 0 aliphatic carbocycles. The van der Waals surface area contributed by atoms with Gasteiger partial charge in [-0.2, -0.15) is 4.98 Å². The van der Waals surface area contributed by atoms with Crippen molar-refractivity contribution in [3.63, 3.8) is 0 Å². The average Bonchev–Trinajstić information content (AvgIpc) is 3.41. The topological polar surface area (TPSA) is 74.1 Å². The minimum atomic E-state index is 0.296. The number of thiophene rings is 1. The third kappa shape index (κ3) is 3.08. The predicted octanol–water partition coefficient (Wildman–Crippen LogP) is 3.57. The highest BCUT2D eigenvalue weighted by atomic mass is 32.1. The van der Waals surface area contributed by atoms with Crippen molar-refractivity contribution in [3.8, 4) is 17.4 Å². The number of anilines is 1. The molecule has 0 atom stereocenters. The van der Waals surface area contributed by atoms with Crippen LogP contribution in [0.25, 0.3) is 16.2 Å². The van der Waals surface area contributed by atoms with E-state index in [-0.39, 0.29) is 0 Å². The molecule has 0 fully saturated rings. The summed E-state index contributed by atoms with van der Waals surface area (Å²) in [7, 11) is 0. The molecule has 0 unspecified atom stereocenters. The lowest BCUT2D eigenvalue weighted by Crippen LogP contribution is -2.09. The largest absolute Gasteiger partial charge is 0.454 e. The summed E-state index contributed by atoms with van der Waals surface area (Å²) in [5.74, 6) is 3.08. The Morgan fingerprint density at radius 3 is 3.00 bits per heavy atom. The molecule has 0 saturated heterocycles. The number of hydrogen-bond acceptors (Lipinski definition) is 7. The quantitative estimate of drug-likeness (QED) is 0.571. The Kier molecular flexibility index (Phi) is 3.90. The zero-order chi connectivity index (χ0) is 18.2. The van der Waals surface area contributed by atoms with E-state index in [1.807, 2.05) is 22.9 Å². The van der Waals surface area contributed by atoms with E-state index in [2.05, 4.69) is 34.3 Å². The van der Waals surface area contributed by atoms with Crippen LogP contribution in [0, 0.1) is 6.92 Å². The van der Waals surface area contributed by atoms with E-state index in [0.717, 1.165) is 40.5 Å². The smallest absolute Gasteiger partial charge is 0.238 e. The minimum absolute atomic E-state index is 0.296. The summed E-state index contributed by atoms with van der Waals surface area (Å²) in [5.41, 5.74) is 1.19. The van der Waals surface area contributed by atoms with E-state index < -0.39 is 0 Å². The molecule has 0 saturated carbocycles. The van der Waals surface area contributed by atoms with Gasteiger partial charge in [-0.3, -0.25) is 4.57 Å². The number of ether oxygens (including phenoxy) is 2. The number of benzene rings is 1. The molecule has 136 valence electrons. The maximum atomic E-state index is 5.45. The van der Waals surface area contributed by atoms with Gasteiger partial charge >= 0.3 is 0 Å². The molecule has 1 N–H and O–H groups in total. The van der Waals surface area contributed by atoms with Gasteiger partial charge in [0, 0.05) is 23.8 Å². The SMILES string of the molecule is Cc1cc2c(NCCc3ccc4c(c3)OCO4)nc(-n3ccnc3)nc2s1. The Morgan fingerprint density at radius 1 is 1.19 bits per heavy atom. The molecule has 8 heteroatoms. The summed E-state index contributed by atoms with van der Waals surface area (Å²) in [6.45, 7) is 3.13. The molecular formula is C19H17N5O2S. The molecule has 5 rings (SSSR count). The van der Waals surface area contributed by atoms with Crippen molar-refractivity contribution in [2.75, 3.05) is 18.7 Å². The van der Waals surface area contributed by atoms with Gasteiger partial charge in [-0.25, -0.2) is 9.97 Å². The first-order chi connectivity index (χ1) is 13.3. The number of imidazole rings is 1. The lowest BCUT2D eigenvalue weighted by Gasteiger charge is -2.09. The van der Waals surface area contributed by atoms with E-state index in [9.17, 15) is 0 Å². The van der Waals surface area contributed by atoms with Gasteiger partial charge in [0.2, 0.25) is 12.7 Å². The second-order valence-corrected chi connectivity index (χ2v) is 7.52. The molecular weight excluding hydrogens is 362 g/mol. The van der Waals surface area contributed by atoms with Crippen LogP contribution in [0.5, 0.6) is 11.5 Å². The highest BCUT2D eigenvalue weighted by Crippen LogP contribution is 2.33. The van der Waals surface area contributed by atoms with Crippen molar-refractivity contribution in [1.29, 1.82) is 0 Å². The minimum Gasteiger partial charge on any atom is -0.454 e. The number of aromatic nitrogens is 4. The zero-order valence-corrected chi connectivity index (χ0v) is 15.5. The second kappa shape index (κ2) is 6.55. The van der Waals surface area contributed by atoms with Crippen LogP contribution in [-0.2, 0) is 6.42 Å². The first-order valence-electron chi connectivity index (χ1n) is 8.65. The van der Waals surface area contributed by atoms with Gasteiger partial charge in [0.05, 0.1) is 5.39 Å². The summed E-state index contributed by atoms with van der Waals surface area (Å²) < 4.78 is 12.6. The average molecular weight is 379 g/mol. The van der Waals surface area contributed by atoms with Gasteiger partial charge in [-0.15, -0.1) is 11.3 Å². The molecule has 4 aromatic rings. The fraction of sp³-hybridized carbons (Fsp3) is 0.211. The molecule has 0 spiro atoms. The van der Waals surface area contributed by atoms with E-state index in [1.165, 1.54) is 10.4 Å². The normalized spacial score (nSPS) is 12.6. The molecule has 1 aromatic carbocycles. The molecule has 0 radical (unpaired) electrons. The first-order valence-corrected chi connectivity index (χ1v) is 9.47. The molecule has 1 aliphatic heterocycles. The lowest BCUT2D eigenvalue weighted by atomic mass is 10.1. The van der Waals surface area contributed by atoms with Gasteiger partial charge in [0.1, 0.15) is 17.0 Å². The Balaban J connectivity index is 1.39. The van der Waals surface area contributed by atoms with Gasteiger partial charge in [-0.05, 0) is 37.1 Å². The van der Waals surface area contributed by atoms with E-state index in [0.29, 0.717) is 12.7 Å². The van der Waals surface area contributed by atoms with E-state index >= 15 is 0 Å². The number of aryl methyl sites for hydroxylation is 1. The van der Waals surface area contributed by atoms with E-state index in [4.69, 9.17) is 14.5 Å². The van der Waals surface area contributed by atoms with Gasteiger partial charge < -0.3 is 14.8 Å². The summed E-state index contributed by atoms with van der Waals surface area (Å²) >= 11 is 1.67. The maximum Gasteiger partial charge on any atom is 0.238 e. The predicted molar refractivity (Wildman–Crippen MR) is 104 cm³/mol. The number of rotatable bonds is 5. The lowest BCUT2D eigenvalue weighted by molar-refractivity contribution is 0.174. The van der Waals surface area contributed by atoms with Crippen LogP contribution < -0.4 is 14.8 Å². The van der Waals surface area contributed by atoms with Gasteiger partial charge in [0.25, 0.3) is 0 Å². The fourth-order valence-electron chi connectivity index (χ4n) is 3.08. The van der Waals surface area contributed by atoms with Crippen LogP contribution in [0.1, 0.15) is 10.4 Å². The molecule has 4 heterocycles. The number of nitrogens with one attached hydrogen (secondary N) is 1. The molecule has 0 bridgehead atoms. The van der Waals surface area contributed by atoms with Gasteiger partial charge in [0.15, 0.2) is 11.5 Å². The third-order valence-corrected chi connectivity index (χ3v) is 5.33. The van der Waals surface area contributed by atoms with E-state index in [1.54, 1.807) is 23.9 Å². The zero-order valence-electron chi connectivity index (χ0n) is 14.7. The van der Waals surface area contributed by atoms with Gasteiger partial charge in [-0.1, -0.05) is 6.07 Å². The van der Waals surface area contributed by atoms with Crippen LogP contribution in [-0.4, -0.2) is 32.9 Å². The summed E-state index contributed by atoms with van der Waals surface area (Å²) in [4.78, 5) is 15.6. The van der Waals surface area contributed by atoms with Crippen molar-refractivity contribution in [1.82, 2.24) is 19.5 Å². The van der Waals surface area contributed by atoms with Crippen LogP contribution in [0.2, 0.25) is 0 Å². The number of fused-ring (bicyclic) bond motifs is 2. The Morgan fingerprint density at radius 2 is 2.11 bits per heavy atom. The Bertz CT molecular complexity index is 1110. The summed E-state index contributed by atoms with van der Waals surface area (Å²) in [6.07, 6.45) is 6.13. The number of nitrogens with zero attached hydrogens (tertiary/aromatic N) is 4. The summed E-state index contributed by atoms with van der Waals surface area (Å²) in [6, 6.07) is 8.18. The summed E-state index contributed by atoms with van der Waals surface area (Å²) in [5, 5.41) is 4.52. The molecule has 27 heavy (non-hydrogen) atoms. The van der Waals surface area contributed by atoms with Crippen molar-refractivity contribution in [2.24, 2.45) is 0 Å². The highest BCUT2D eigenvalue weighted by Gasteiger charge is 2.14. The monoisotopic (exact) mass is 379 g/mol. The molecule has 0 amide bonds. The van der Waals surface area contributed by atoms with Crippen LogP contribution in [0.4, 0.5) is 5.82 Å². The first kappa shape index (κ1) is 16.1.